The van der Waals surface area contributed by atoms with E-state index in [2.05, 4.69) is 54.1 Å². The Kier molecular flexibility index (Phi) is 3.60. The Morgan fingerprint density at radius 2 is 2.06 bits per heavy atom. The van der Waals surface area contributed by atoms with Gasteiger partial charge in [-0.05, 0) is 75.3 Å². The van der Waals surface area contributed by atoms with Crippen LogP contribution in [0.15, 0.2) is 36.4 Å². The molecule has 3 heterocycles. The van der Waals surface area contributed by atoms with Gasteiger partial charge in [-0.25, -0.2) is 0 Å². The van der Waals surface area contributed by atoms with Gasteiger partial charge in [0.2, 0.25) is 0 Å². The van der Waals surface area contributed by atoms with Gasteiger partial charge in [0.1, 0.15) is 5.60 Å². The van der Waals surface area contributed by atoms with Gasteiger partial charge in [-0.3, -0.25) is 4.90 Å². The number of rotatable bonds is 4. The molecular weight excluding hydrogens is 424 g/mol. The van der Waals surface area contributed by atoms with E-state index in [-0.39, 0.29) is 11.2 Å². The molecule has 2 fully saturated rings. The van der Waals surface area contributed by atoms with Gasteiger partial charge in [-0.2, -0.15) is 0 Å². The highest BCUT2D eigenvalue weighted by molar-refractivity contribution is 5.86. The van der Waals surface area contributed by atoms with Crippen LogP contribution < -0.4 is 4.74 Å². The van der Waals surface area contributed by atoms with Crippen LogP contribution in [-0.4, -0.2) is 46.3 Å². The molecule has 1 saturated heterocycles. The lowest BCUT2D eigenvalue weighted by Gasteiger charge is -2.67. The number of aromatic hydroxyl groups is 1. The number of nitrogens with one attached hydrogen (secondary N) is 1. The monoisotopic (exact) mass is 456 g/mol. The van der Waals surface area contributed by atoms with Gasteiger partial charge in [0, 0.05) is 42.1 Å². The zero-order valence-electron chi connectivity index (χ0n) is 20.0. The molecule has 5 aliphatic rings. The Bertz CT molecular complexity index is 1360. The molecule has 176 valence electrons. The second kappa shape index (κ2) is 6.19. The predicted molar refractivity (Wildman–Crippen MR) is 131 cm³/mol. The van der Waals surface area contributed by atoms with Crippen molar-refractivity contribution in [1.29, 1.82) is 0 Å². The van der Waals surface area contributed by atoms with E-state index in [4.69, 9.17) is 9.47 Å². The Hall–Kier alpha value is -2.50. The number of ether oxygens (including phenoxy) is 2. The van der Waals surface area contributed by atoms with Crippen LogP contribution >= 0.6 is 0 Å². The van der Waals surface area contributed by atoms with Crippen LogP contribution in [0.5, 0.6) is 11.5 Å². The van der Waals surface area contributed by atoms with Gasteiger partial charge in [0.05, 0.1) is 11.1 Å². The van der Waals surface area contributed by atoms with E-state index in [9.17, 15) is 5.11 Å². The third-order valence-corrected chi connectivity index (χ3v) is 9.98. The number of hydrogen-bond donors (Lipinski definition) is 2. The molecule has 5 nitrogen and oxygen atoms in total. The van der Waals surface area contributed by atoms with E-state index >= 15 is 0 Å². The molecule has 1 aromatic heterocycles. The molecule has 2 aliphatic heterocycles. The molecule has 2 bridgehead atoms. The molecule has 1 spiro atoms. The first-order valence-corrected chi connectivity index (χ1v) is 13.0. The first-order valence-electron chi connectivity index (χ1n) is 13.0. The van der Waals surface area contributed by atoms with E-state index in [0.29, 0.717) is 18.4 Å². The summed E-state index contributed by atoms with van der Waals surface area (Å²) in [6.07, 6.45) is 5.52. The van der Waals surface area contributed by atoms with Crippen LogP contribution in [0.1, 0.15) is 55.5 Å². The summed E-state index contributed by atoms with van der Waals surface area (Å²) < 4.78 is 14.1. The second-order valence-corrected chi connectivity index (χ2v) is 11.4. The van der Waals surface area contributed by atoms with E-state index in [0.717, 1.165) is 37.2 Å². The van der Waals surface area contributed by atoms with Crippen LogP contribution in [0.2, 0.25) is 0 Å². The fourth-order valence-corrected chi connectivity index (χ4v) is 8.59. The Morgan fingerprint density at radius 1 is 1.21 bits per heavy atom. The maximum atomic E-state index is 11.0. The van der Waals surface area contributed by atoms with Crippen LogP contribution in [-0.2, 0) is 28.6 Å². The number of para-hydroxylation sites is 1. The number of H-pyrrole nitrogens is 1. The maximum Gasteiger partial charge on any atom is 0.166 e. The number of piperidine rings is 1. The summed E-state index contributed by atoms with van der Waals surface area (Å²) in [6, 6.07) is 12.9. The zero-order chi connectivity index (χ0) is 22.9. The van der Waals surface area contributed by atoms with Gasteiger partial charge in [-0.15, -0.1) is 0 Å². The highest BCUT2D eigenvalue weighted by atomic mass is 16.5. The molecule has 0 amide bonds. The van der Waals surface area contributed by atoms with Crippen molar-refractivity contribution < 1.29 is 14.6 Å². The summed E-state index contributed by atoms with van der Waals surface area (Å²) in [5, 5.41) is 12.3. The molecule has 1 saturated carbocycles. The van der Waals surface area contributed by atoms with Crippen LogP contribution in [0.25, 0.3) is 10.9 Å². The molecule has 8 rings (SSSR count). The fraction of sp³-hybridized carbons (Fsp3) is 0.517. The second-order valence-electron chi connectivity index (χ2n) is 11.4. The average Bonchev–Trinajstić information content (AvgIpc) is 3.49. The Balaban J connectivity index is 1.47. The highest BCUT2D eigenvalue weighted by Gasteiger charge is 2.78. The summed E-state index contributed by atoms with van der Waals surface area (Å²) in [5.74, 6) is 1.78. The molecule has 3 aliphatic carbocycles. The fourth-order valence-electron chi connectivity index (χ4n) is 8.59. The molecule has 2 N–H and O–H groups in total. The SMILES string of the molecule is CCO[C@@]12Cc3c([nH]c4ccccc34)[C@]3(C)Oc4c(O)ccc5c4[C@@]31CCN(CC1CC1)[C@@H]2C5. The topological polar surface area (TPSA) is 57.7 Å². The van der Waals surface area contributed by atoms with Crippen LogP contribution in [0.3, 0.4) is 0 Å². The Labute approximate surface area is 200 Å². The first-order chi connectivity index (χ1) is 16.5. The smallest absolute Gasteiger partial charge is 0.166 e. The lowest BCUT2D eigenvalue weighted by atomic mass is 9.45. The lowest BCUT2D eigenvalue weighted by molar-refractivity contribution is -0.224. The number of likely N-dealkylation sites (tertiary alicyclic amines) is 1. The first kappa shape index (κ1) is 19.8. The third-order valence-electron chi connectivity index (χ3n) is 9.98. The quantitative estimate of drug-likeness (QED) is 0.593. The molecule has 0 radical (unpaired) electrons. The van der Waals surface area contributed by atoms with Crippen molar-refractivity contribution in [3.8, 4) is 11.5 Å². The third kappa shape index (κ3) is 2.04. The van der Waals surface area contributed by atoms with Crippen molar-refractivity contribution in [2.75, 3.05) is 19.7 Å². The summed E-state index contributed by atoms with van der Waals surface area (Å²) in [4.78, 5) is 6.54. The van der Waals surface area contributed by atoms with Crippen molar-refractivity contribution in [1.82, 2.24) is 9.88 Å². The molecule has 3 aromatic rings. The number of benzene rings is 2. The summed E-state index contributed by atoms with van der Waals surface area (Å²) in [6.45, 7) is 7.30. The van der Waals surface area contributed by atoms with Crippen molar-refractivity contribution >= 4 is 10.9 Å². The number of aromatic nitrogens is 1. The number of phenolic OH excluding ortho intramolecular Hbond substituents is 1. The maximum absolute atomic E-state index is 11.0. The van der Waals surface area contributed by atoms with Crippen molar-refractivity contribution in [2.45, 2.75) is 68.6 Å². The molecule has 0 unspecified atom stereocenters. The number of nitrogens with zero attached hydrogens (tertiary/aromatic N) is 1. The van der Waals surface area contributed by atoms with Crippen molar-refractivity contribution in [2.24, 2.45) is 5.92 Å². The van der Waals surface area contributed by atoms with Crippen molar-refractivity contribution in [3.63, 3.8) is 0 Å². The standard InChI is InChI=1S/C29H32N2O3/c1-3-33-29-15-20-19-6-4-5-7-21(19)30-26(20)27(2)28(29)12-13-31(16-17-8-9-17)23(29)14-18-10-11-22(32)25(34-27)24(18)28/h4-7,10-11,17,23,30,32H,3,8-9,12-16H2,1-2H3/t23-,27+,28+,29-/m1/s1. The van der Waals surface area contributed by atoms with Crippen LogP contribution in [0, 0.1) is 5.92 Å². The average molecular weight is 457 g/mol. The van der Waals surface area contributed by atoms with E-state index in [1.165, 1.54) is 47.2 Å². The molecule has 2 aromatic carbocycles. The summed E-state index contributed by atoms with van der Waals surface area (Å²) >= 11 is 0. The normalized spacial score (nSPS) is 35.2. The molecule has 34 heavy (non-hydrogen) atoms. The molecular formula is C29H32N2O3. The van der Waals surface area contributed by atoms with Gasteiger partial charge in [0.15, 0.2) is 17.1 Å². The number of aromatic amines is 1. The summed E-state index contributed by atoms with van der Waals surface area (Å²) in [7, 11) is 0. The highest BCUT2D eigenvalue weighted by Crippen LogP contribution is 2.72. The van der Waals surface area contributed by atoms with Crippen LogP contribution in [0.4, 0.5) is 0 Å². The Morgan fingerprint density at radius 3 is 2.88 bits per heavy atom. The minimum Gasteiger partial charge on any atom is -0.504 e. The van der Waals surface area contributed by atoms with Gasteiger partial charge < -0.3 is 19.6 Å². The predicted octanol–water partition coefficient (Wildman–Crippen LogP) is 4.79. The van der Waals surface area contributed by atoms with Gasteiger partial charge in [0.25, 0.3) is 0 Å². The van der Waals surface area contributed by atoms with E-state index < -0.39 is 11.2 Å². The van der Waals surface area contributed by atoms with Crippen molar-refractivity contribution in [3.05, 3.63) is 58.8 Å². The number of hydrogen-bond acceptors (Lipinski definition) is 4. The van der Waals surface area contributed by atoms with Gasteiger partial charge >= 0.3 is 0 Å². The lowest BCUT2D eigenvalue weighted by Crippen LogP contribution is -2.79. The molecule has 4 atom stereocenters. The summed E-state index contributed by atoms with van der Waals surface area (Å²) in [5.41, 5.74) is 4.84. The minimum absolute atomic E-state index is 0.255. The van der Waals surface area contributed by atoms with E-state index in [1.54, 1.807) is 0 Å². The largest absolute Gasteiger partial charge is 0.504 e. The minimum atomic E-state index is -0.630. The number of fused-ring (bicyclic) bond motifs is 4. The zero-order valence-corrected chi connectivity index (χ0v) is 20.0. The van der Waals surface area contributed by atoms with E-state index in [1.807, 2.05) is 6.07 Å². The molecule has 5 heteroatoms. The van der Waals surface area contributed by atoms with Gasteiger partial charge in [-0.1, -0.05) is 24.3 Å². The number of phenols is 1.